The average molecular weight is 998 g/mol. The Morgan fingerprint density at radius 3 is 1.19 bits per heavy atom. The van der Waals surface area contributed by atoms with Gasteiger partial charge in [0.15, 0.2) is 21.7 Å². The van der Waals surface area contributed by atoms with Gasteiger partial charge in [-0.05, 0) is 48.2 Å². The van der Waals surface area contributed by atoms with Gasteiger partial charge in [-0.3, -0.25) is 0 Å². The molecule has 0 bridgehead atoms. The summed E-state index contributed by atoms with van der Waals surface area (Å²) >= 11 is 36.4. The van der Waals surface area contributed by atoms with E-state index in [1.54, 1.807) is 0 Å². The Hall–Kier alpha value is -1.88. The third-order valence-corrected chi connectivity index (χ3v) is 14.1. The van der Waals surface area contributed by atoms with Crippen molar-refractivity contribution in [3.63, 3.8) is 0 Å². The molecule has 0 radical (unpaired) electrons. The summed E-state index contributed by atoms with van der Waals surface area (Å²) in [6.45, 7) is -3.03. The van der Waals surface area contributed by atoms with Crippen molar-refractivity contribution in [2.45, 2.75) is 61.5 Å². The molecule has 2 unspecified atom stereocenters. The van der Waals surface area contributed by atoms with Crippen LogP contribution in [0.5, 0.6) is 0 Å². The van der Waals surface area contributed by atoms with E-state index in [-0.39, 0.29) is 69.5 Å². The second-order valence-corrected chi connectivity index (χ2v) is 17.4. The van der Waals surface area contributed by atoms with E-state index in [1.165, 1.54) is 4.90 Å². The molecule has 0 amide bonds. The highest BCUT2D eigenvalue weighted by atomic mass is 35.5. The molecule has 4 heterocycles. The Morgan fingerprint density at radius 1 is 0.603 bits per heavy atom. The van der Waals surface area contributed by atoms with Crippen LogP contribution >= 0.6 is 92.3 Å². The first-order valence-electron chi connectivity index (χ1n) is 16.0. The lowest BCUT2D eigenvalue weighted by atomic mass is 9.79. The van der Waals surface area contributed by atoms with Crippen molar-refractivity contribution in [1.82, 2.24) is 9.97 Å². The number of thiazole rings is 2. The van der Waals surface area contributed by atoms with Crippen LogP contribution in [-0.4, -0.2) is 53.6 Å². The number of nitrogens with two attached hydrogens (primary N) is 1. The molecule has 0 spiro atoms. The van der Waals surface area contributed by atoms with Gasteiger partial charge in [-0.25, -0.2) is 9.97 Å². The Morgan fingerprint density at radius 2 is 0.931 bits per heavy atom. The summed E-state index contributed by atoms with van der Waals surface area (Å²) in [4.78, 5) is 8.55. The molecule has 2 saturated heterocycles. The van der Waals surface area contributed by atoms with Crippen LogP contribution in [0, 0.1) is 0 Å². The summed E-state index contributed by atoms with van der Waals surface area (Å²) < 4.78 is 163. The maximum Gasteiger partial charge on any atom is 0.434 e. The number of aliphatic hydroxyl groups excluding tert-OH is 1. The zero-order valence-corrected chi connectivity index (χ0v) is 34.6. The summed E-state index contributed by atoms with van der Waals surface area (Å²) in [6, 6.07) is 4.30. The number of alkyl halides is 12. The minimum Gasteiger partial charge on any atom is -0.391 e. The molecule has 2 aromatic carbocycles. The first kappa shape index (κ1) is 47.2. The molecule has 2 fully saturated rings. The summed E-state index contributed by atoms with van der Waals surface area (Å²) in [5, 5.41) is 7.97. The molecule has 0 aliphatic carbocycles. The van der Waals surface area contributed by atoms with Crippen molar-refractivity contribution < 1.29 is 57.8 Å². The number of nitrogens with zero attached hydrogens (tertiary/aromatic N) is 4. The second kappa shape index (κ2) is 16.8. The van der Waals surface area contributed by atoms with Crippen LogP contribution in [0.15, 0.2) is 24.3 Å². The number of aliphatic hydroxyl groups is 1. The van der Waals surface area contributed by atoms with Gasteiger partial charge in [-0.2, -0.15) is 52.7 Å². The van der Waals surface area contributed by atoms with Crippen molar-refractivity contribution in [2.75, 3.05) is 36.0 Å². The van der Waals surface area contributed by atoms with Crippen molar-refractivity contribution in [1.29, 1.82) is 0 Å². The molecule has 2 aliphatic rings. The second-order valence-electron chi connectivity index (χ2n) is 12.9. The van der Waals surface area contributed by atoms with E-state index in [1.807, 2.05) is 0 Å². The molecular formula is C32H23Cl6F12N5OS2. The van der Waals surface area contributed by atoms with E-state index in [2.05, 4.69) is 9.97 Å². The highest BCUT2D eigenvalue weighted by Crippen LogP contribution is 2.53. The zero-order chi connectivity index (χ0) is 43.6. The van der Waals surface area contributed by atoms with Gasteiger partial charge in [0.2, 0.25) is 0 Å². The van der Waals surface area contributed by atoms with Gasteiger partial charge < -0.3 is 20.6 Å². The van der Waals surface area contributed by atoms with E-state index in [4.69, 9.17) is 80.4 Å². The van der Waals surface area contributed by atoms with Crippen LogP contribution in [0.1, 0.15) is 45.1 Å². The summed E-state index contributed by atoms with van der Waals surface area (Å²) in [5.41, 5.74) is -2.39. The van der Waals surface area contributed by atoms with Gasteiger partial charge in [0.1, 0.15) is 10.8 Å². The van der Waals surface area contributed by atoms with Gasteiger partial charge in [0.05, 0.1) is 46.5 Å². The molecule has 0 saturated carbocycles. The Bertz CT molecular complexity index is 1970. The number of hydrogen-bond donors (Lipinski definition) is 2. The molecule has 6 rings (SSSR count). The lowest BCUT2D eigenvalue weighted by Gasteiger charge is -2.32. The summed E-state index contributed by atoms with van der Waals surface area (Å²) in [5.74, 6) is 0. The van der Waals surface area contributed by atoms with E-state index < -0.39 is 90.9 Å². The van der Waals surface area contributed by atoms with Gasteiger partial charge in [-0.1, -0.05) is 92.3 Å². The lowest BCUT2D eigenvalue weighted by Crippen LogP contribution is -2.44. The van der Waals surface area contributed by atoms with E-state index in [0.717, 1.165) is 29.2 Å². The molecule has 6 nitrogen and oxygen atoms in total. The largest absolute Gasteiger partial charge is 0.434 e. The predicted molar refractivity (Wildman–Crippen MR) is 200 cm³/mol. The molecule has 2 aliphatic heterocycles. The first-order valence-corrected chi connectivity index (χ1v) is 19.9. The number of aromatic nitrogens is 2. The standard InChI is InChI=1S/C16H12Cl3F6N3S.C16H11Cl3F6N2OS/c17-8-3-7(4-9(18)11(8)19)14(16(23,24)25)1-2-28(6-14)13-27-12(15(20,21)22)10(5-26)29-13;17-8-3-7(4-9(18)11(8)19)14(16(23,24)25)1-2-27(6-14)13-26-12(15(20,21)22)10(5-28)29-13/h3-4H,1-2,5-6,26H2;3-4,28H,1-2,5-6H2. The smallest absolute Gasteiger partial charge is 0.391 e. The summed E-state index contributed by atoms with van der Waals surface area (Å²) in [6.07, 6.45) is -19.9. The number of hydrogen-bond acceptors (Lipinski definition) is 8. The van der Waals surface area contributed by atoms with Crippen LogP contribution in [0.4, 0.5) is 62.9 Å². The van der Waals surface area contributed by atoms with E-state index in [9.17, 15) is 52.7 Å². The third kappa shape index (κ3) is 9.02. The molecule has 4 aromatic rings. The fraction of sp³-hybridized carbons (Fsp3) is 0.438. The maximum absolute atomic E-state index is 14.1. The van der Waals surface area contributed by atoms with Gasteiger partial charge in [0, 0.05) is 32.7 Å². The quantitative estimate of drug-likeness (QED) is 0.148. The highest BCUT2D eigenvalue weighted by molar-refractivity contribution is 7.16. The van der Waals surface area contributed by atoms with Crippen LogP contribution < -0.4 is 15.5 Å². The minimum absolute atomic E-state index is 0.0772. The molecule has 26 heteroatoms. The van der Waals surface area contributed by atoms with Crippen LogP contribution in [-0.2, 0) is 36.3 Å². The molecule has 3 N–H and O–H groups in total. The highest BCUT2D eigenvalue weighted by Gasteiger charge is 2.61. The van der Waals surface area contributed by atoms with E-state index >= 15 is 0 Å². The van der Waals surface area contributed by atoms with Crippen molar-refractivity contribution in [2.24, 2.45) is 5.73 Å². The SMILES string of the molecule is NCc1sc(N2CCC(c3cc(Cl)c(Cl)c(Cl)c3)(C(F)(F)F)C2)nc1C(F)(F)F.OCc1sc(N2CCC(c3cc(Cl)c(Cl)c(Cl)c3)(C(F)(F)F)C2)nc1C(F)(F)F. The van der Waals surface area contributed by atoms with Gasteiger partial charge >= 0.3 is 24.7 Å². The molecule has 2 atom stereocenters. The monoisotopic (exact) mass is 995 g/mol. The average Bonchev–Trinajstić information content (AvgIpc) is 3.92. The first-order chi connectivity index (χ1) is 26.6. The summed E-state index contributed by atoms with van der Waals surface area (Å²) in [7, 11) is 0. The van der Waals surface area contributed by atoms with Crippen molar-refractivity contribution in [3.05, 3.63) is 86.7 Å². The van der Waals surface area contributed by atoms with Crippen LogP contribution in [0.2, 0.25) is 30.1 Å². The Labute approximate surface area is 358 Å². The topological polar surface area (TPSA) is 78.5 Å². The van der Waals surface area contributed by atoms with E-state index in [0.29, 0.717) is 22.7 Å². The minimum atomic E-state index is -4.83. The number of rotatable bonds is 6. The van der Waals surface area contributed by atoms with Crippen LogP contribution in [0.3, 0.4) is 0 Å². The predicted octanol–water partition coefficient (Wildman–Crippen LogP) is 12.6. The number of anilines is 2. The maximum atomic E-state index is 14.1. The Kier molecular flexibility index (Phi) is 13.6. The zero-order valence-electron chi connectivity index (χ0n) is 28.4. The fourth-order valence-corrected chi connectivity index (χ4v) is 9.65. The molecule has 320 valence electrons. The Balaban J connectivity index is 0.000000221. The van der Waals surface area contributed by atoms with Gasteiger partial charge in [-0.15, -0.1) is 0 Å². The number of halogens is 18. The lowest BCUT2D eigenvalue weighted by molar-refractivity contribution is -0.185. The molecule has 2 aromatic heterocycles. The van der Waals surface area contributed by atoms with Crippen LogP contribution in [0.25, 0.3) is 0 Å². The third-order valence-electron chi connectivity index (χ3n) is 9.48. The van der Waals surface area contributed by atoms with Crippen molar-refractivity contribution in [3.8, 4) is 0 Å². The van der Waals surface area contributed by atoms with Crippen molar-refractivity contribution >= 4 is 103 Å². The van der Waals surface area contributed by atoms with Gasteiger partial charge in [0.25, 0.3) is 0 Å². The number of benzene rings is 2. The normalized spacial score (nSPS) is 20.6. The molecule has 58 heavy (non-hydrogen) atoms. The molecular weight excluding hydrogens is 975 g/mol. The fourth-order valence-electron chi connectivity index (χ4n) is 6.51.